The van der Waals surface area contributed by atoms with Gasteiger partial charge in [-0.05, 0) is 61.3 Å². The van der Waals surface area contributed by atoms with Crippen LogP contribution in [0.4, 0.5) is 4.39 Å². The van der Waals surface area contributed by atoms with Gasteiger partial charge in [0.1, 0.15) is 11.6 Å². The van der Waals surface area contributed by atoms with Crippen LogP contribution in [0.5, 0.6) is 0 Å². The van der Waals surface area contributed by atoms with Crippen molar-refractivity contribution in [3.63, 3.8) is 0 Å². The maximum atomic E-state index is 13.6. The molecule has 3 aromatic carbocycles. The molecule has 0 spiro atoms. The number of hydrogen-bond donors (Lipinski definition) is 0. The maximum absolute atomic E-state index is 13.6. The van der Waals surface area contributed by atoms with Crippen LogP contribution in [-0.2, 0) is 17.9 Å². The Kier molecular flexibility index (Phi) is 7.20. The second-order valence-corrected chi connectivity index (χ2v) is 10.5. The number of carbonyl (C=O) groups is 1. The Hall–Kier alpha value is -3.55. The van der Waals surface area contributed by atoms with Gasteiger partial charge < -0.3 is 4.90 Å². The lowest BCUT2D eigenvalue weighted by atomic mass is 9.96. The normalized spacial score (nSPS) is 19.2. The molecule has 6 rings (SSSR count). The summed E-state index contributed by atoms with van der Waals surface area (Å²) < 4.78 is 15.8. The summed E-state index contributed by atoms with van der Waals surface area (Å²) in [6.07, 6.45) is 1.94. The van der Waals surface area contributed by atoms with Crippen molar-refractivity contribution in [2.24, 2.45) is 5.92 Å². The number of carbonyl (C=O) groups excluding carboxylic acids is 1. The Morgan fingerprint density at radius 3 is 2.34 bits per heavy atom. The fraction of sp³-hybridized carbons (Fsp3) is 0.355. The van der Waals surface area contributed by atoms with Crippen LogP contribution in [0.3, 0.4) is 0 Å². The van der Waals surface area contributed by atoms with E-state index in [1.165, 1.54) is 17.7 Å². The molecule has 2 aliphatic heterocycles. The summed E-state index contributed by atoms with van der Waals surface area (Å²) in [7, 11) is 0. The van der Waals surface area contributed by atoms with Crippen molar-refractivity contribution >= 4 is 16.9 Å². The van der Waals surface area contributed by atoms with Gasteiger partial charge in [0.05, 0.1) is 23.5 Å². The molecule has 3 heterocycles. The van der Waals surface area contributed by atoms with Gasteiger partial charge in [0.2, 0.25) is 5.91 Å². The summed E-state index contributed by atoms with van der Waals surface area (Å²) in [5, 5.41) is 0. The molecule has 1 amide bonds. The monoisotopic (exact) mass is 511 g/mol. The van der Waals surface area contributed by atoms with Gasteiger partial charge in [-0.15, -0.1) is 0 Å². The second kappa shape index (κ2) is 11.1. The minimum absolute atomic E-state index is 0.0214. The Balaban J connectivity index is 1.12. The number of likely N-dealkylation sites (tertiary alicyclic amines) is 1. The topological polar surface area (TPSA) is 44.6 Å². The number of halogens is 1. The molecule has 0 aliphatic carbocycles. The van der Waals surface area contributed by atoms with Crippen LogP contribution in [0.15, 0.2) is 78.9 Å². The number of nitrogens with zero attached hydrogens (tertiary/aromatic N) is 5. The minimum Gasteiger partial charge on any atom is -0.340 e. The Labute approximate surface area is 223 Å². The van der Waals surface area contributed by atoms with Crippen LogP contribution in [0.1, 0.15) is 24.2 Å². The van der Waals surface area contributed by atoms with Crippen LogP contribution in [0.25, 0.3) is 16.7 Å². The van der Waals surface area contributed by atoms with Crippen molar-refractivity contribution in [1.29, 1.82) is 0 Å². The first-order chi connectivity index (χ1) is 18.6. The van der Waals surface area contributed by atoms with Gasteiger partial charge in [0.15, 0.2) is 0 Å². The number of imidazole rings is 1. The van der Waals surface area contributed by atoms with Crippen molar-refractivity contribution in [1.82, 2.24) is 24.3 Å². The molecular weight excluding hydrogens is 477 g/mol. The number of aromatic nitrogens is 2. The second-order valence-electron chi connectivity index (χ2n) is 10.5. The molecule has 2 fully saturated rings. The fourth-order valence-electron chi connectivity index (χ4n) is 5.89. The highest BCUT2D eigenvalue weighted by molar-refractivity contribution is 5.79. The van der Waals surface area contributed by atoms with E-state index in [0.717, 1.165) is 81.2 Å². The number of benzene rings is 3. The van der Waals surface area contributed by atoms with Gasteiger partial charge in [-0.3, -0.25) is 19.2 Å². The van der Waals surface area contributed by atoms with E-state index in [0.29, 0.717) is 12.5 Å². The molecule has 4 aromatic rings. The van der Waals surface area contributed by atoms with E-state index in [4.69, 9.17) is 4.98 Å². The molecule has 2 aliphatic rings. The smallest absolute Gasteiger partial charge is 0.227 e. The summed E-state index contributed by atoms with van der Waals surface area (Å²) in [5.74, 6) is 0.979. The third-order valence-electron chi connectivity index (χ3n) is 7.87. The summed E-state index contributed by atoms with van der Waals surface area (Å²) in [5.41, 5.74) is 4.15. The number of piperazine rings is 1. The highest BCUT2D eigenvalue weighted by Crippen LogP contribution is 2.26. The Morgan fingerprint density at radius 2 is 1.55 bits per heavy atom. The third kappa shape index (κ3) is 5.35. The first kappa shape index (κ1) is 24.8. The largest absolute Gasteiger partial charge is 0.340 e. The van der Waals surface area contributed by atoms with Crippen LogP contribution >= 0.6 is 0 Å². The molecule has 2 saturated heterocycles. The van der Waals surface area contributed by atoms with Crippen molar-refractivity contribution in [3.8, 4) is 5.69 Å². The van der Waals surface area contributed by atoms with Crippen molar-refractivity contribution < 1.29 is 9.18 Å². The zero-order valence-electron chi connectivity index (χ0n) is 21.7. The van der Waals surface area contributed by atoms with Gasteiger partial charge in [-0.2, -0.15) is 0 Å². The lowest BCUT2D eigenvalue weighted by molar-refractivity contribution is -0.139. The van der Waals surface area contributed by atoms with Crippen molar-refractivity contribution in [2.45, 2.75) is 25.9 Å². The summed E-state index contributed by atoms with van der Waals surface area (Å²) in [6, 6.07) is 25.2. The molecule has 196 valence electrons. The average molecular weight is 512 g/mol. The van der Waals surface area contributed by atoms with Crippen LogP contribution < -0.4 is 0 Å². The number of para-hydroxylation sites is 2. The van der Waals surface area contributed by atoms with Crippen LogP contribution in [0.2, 0.25) is 0 Å². The first-order valence-corrected chi connectivity index (χ1v) is 13.6. The molecule has 0 bridgehead atoms. The number of piperidine rings is 1. The van der Waals surface area contributed by atoms with E-state index >= 15 is 0 Å². The molecule has 0 radical (unpaired) electrons. The van der Waals surface area contributed by atoms with E-state index in [1.807, 2.05) is 24.3 Å². The van der Waals surface area contributed by atoms with Gasteiger partial charge in [-0.25, -0.2) is 9.37 Å². The highest BCUT2D eigenvalue weighted by atomic mass is 19.1. The lowest BCUT2D eigenvalue weighted by Crippen LogP contribution is -2.52. The molecule has 0 unspecified atom stereocenters. The van der Waals surface area contributed by atoms with E-state index in [-0.39, 0.29) is 11.7 Å². The number of hydrogen-bond acceptors (Lipinski definition) is 4. The zero-order chi connectivity index (χ0) is 25.9. The molecule has 7 heteroatoms. The van der Waals surface area contributed by atoms with Gasteiger partial charge in [0.25, 0.3) is 0 Å². The van der Waals surface area contributed by atoms with Gasteiger partial charge in [-0.1, -0.05) is 42.5 Å². The van der Waals surface area contributed by atoms with Gasteiger partial charge in [0, 0.05) is 45.0 Å². The predicted molar refractivity (Wildman–Crippen MR) is 147 cm³/mol. The SMILES string of the molecule is O=C([C@H]1CCCN(Cc2nc3ccccc3n2-c2ccc(F)cc2)C1)N1CCN(Cc2ccccc2)CC1. The standard InChI is InChI=1S/C31H34FN5O/c32-26-12-14-27(15-13-26)37-29-11-5-4-10-28(29)33-30(37)23-35-16-6-9-25(22-35)31(38)36-19-17-34(18-20-36)21-24-7-2-1-3-8-24/h1-5,7-8,10-15,25H,6,9,16-23H2/t25-/m0/s1. The Morgan fingerprint density at radius 1 is 0.816 bits per heavy atom. The molecule has 1 aromatic heterocycles. The summed E-state index contributed by atoms with van der Waals surface area (Å²) in [6.45, 7) is 6.70. The molecule has 6 nitrogen and oxygen atoms in total. The van der Waals surface area contributed by atoms with Crippen LogP contribution in [0, 0.1) is 11.7 Å². The van der Waals surface area contributed by atoms with Crippen molar-refractivity contribution in [3.05, 3.63) is 96.1 Å². The molecule has 0 saturated carbocycles. The first-order valence-electron chi connectivity index (χ1n) is 13.6. The van der Waals surface area contributed by atoms with E-state index in [2.05, 4.69) is 49.6 Å². The van der Waals surface area contributed by atoms with E-state index in [1.54, 1.807) is 12.1 Å². The average Bonchev–Trinajstić information content (AvgIpc) is 3.32. The maximum Gasteiger partial charge on any atom is 0.227 e. The summed E-state index contributed by atoms with van der Waals surface area (Å²) >= 11 is 0. The third-order valence-corrected chi connectivity index (χ3v) is 7.87. The predicted octanol–water partition coefficient (Wildman–Crippen LogP) is 4.72. The number of fused-ring (bicyclic) bond motifs is 1. The summed E-state index contributed by atoms with van der Waals surface area (Å²) in [4.78, 5) is 25.3. The van der Waals surface area contributed by atoms with Gasteiger partial charge >= 0.3 is 0 Å². The fourth-order valence-corrected chi connectivity index (χ4v) is 5.89. The van der Waals surface area contributed by atoms with E-state index in [9.17, 15) is 9.18 Å². The zero-order valence-corrected chi connectivity index (χ0v) is 21.7. The van der Waals surface area contributed by atoms with E-state index < -0.39 is 0 Å². The molecule has 0 N–H and O–H groups in total. The molecular formula is C31H34FN5O. The molecule has 38 heavy (non-hydrogen) atoms. The number of rotatable bonds is 6. The number of amides is 1. The Bertz CT molecular complexity index is 1380. The minimum atomic E-state index is -0.252. The van der Waals surface area contributed by atoms with Crippen LogP contribution in [-0.4, -0.2) is 69.4 Å². The highest BCUT2D eigenvalue weighted by Gasteiger charge is 2.31. The van der Waals surface area contributed by atoms with Crippen molar-refractivity contribution in [2.75, 3.05) is 39.3 Å². The lowest BCUT2D eigenvalue weighted by Gasteiger charge is -2.39. The quantitative estimate of drug-likeness (QED) is 0.376. The molecule has 1 atom stereocenters.